The molecule has 1 aromatic rings. The fraction of sp³-hybridized carbons (Fsp3) is 0.583. The van der Waals surface area contributed by atoms with Gasteiger partial charge in [0.15, 0.2) is 0 Å². The van der Waals surface area contributed by atoms with Crippen LogP contribution in [0.25, 0.3) is 0 Å². The van der Waals surface area contributed by atoms with Crippen molar-refractivity contribution in [3.05, 3.63) is 11.8 Å². The quantitative estimate of drug-likeness (QED) is 0.698. The van der Waals surface area contributed by atoms with Crippen LogP contribution in [0.3, 0.4) is 0 Å². The Kier molecular flexibility index (Phi) is 3.85. The molecule has 1 aliphatic heterocycles. The van der Waals surface area contributed by atoms with Crippen molar-refractivity contribution >= 4 is 17.5 Å². The van der Waals surface area contributed by atoms with Gasteiger partial charge in [0.2, 0.25) is 5.95 Å². The summed E-state index contributed by atoms with van der Waals surface area (Å²) in [5, 5.41) is 11.0. The van der Waals surface area contributed by atoms with E-state index in [9.17, 15) is 8.78 Å². The van der Waals surface area contributed by atoms with Gasteiger partial charge in [0.1, 0.15) is 5.82 Å². The molecular weight excluding hydrogens is 266 g/mol. The summed E-state index contributed by atoms with van der Waals surface area (Å²) in [4.78, 5) is 9.38. The number of halogens is 2. The minimum absolute atomic E-state index is 0.00502. The Hall–Kier alpha value is -1.83. The lowest BCUT2D eigenvalue weighted by atomic mass is 10.1. The van der Waals surface area contributed by atoms with E-state index in [0.29, 0.717) is 23.6 Å². The Balaban J connectivity index is 2.15. The van der Waals surface area contributed by atoms with Crippen LogP contribution < -0.4 is 16.0 Å². The molecule has 110 valence electrons. The Morgan fingerprint density at radius 1 is 1.55 bits per heavy atom. The molecule has 6 nitrogen and oxygen atoms in total. The van der Waals surface area contributed by atoms with Gasteiger partial charge in [0.05, 0.1) is 24.5 Å². The minimum Gasteiger partial charge on any atom is -0.368 e. The highest BCUT2D eigenvalue weighted by Crippen LogP contribution is 2.31. The second-order valence-corrected chi connectivity index (χ2v) is 5.05. The zero-order valence-corrected chi connectivity index (χ0v) is 11.5. The van der Waals surface area contributed by atoms with E-state index in [1.165, 1.54) is 11.0 Å². The van der Waals surface area contributed by atoms with Crippen LogP contribution in [0.2, 0.25) is 0 Å². The lowest BCUT2D eigenvalue weighted by Gasteiger charge is -2.39. The third-order valence-electron chi connectivity index (χ3n) is 3.21. The van der Waals surface area contributed by atoms with Gasteiger partial charge in [-0.2, -0.15) is 4.98 Å². The van der Waals surface area contributed by atoms with Crippen LogP contribution in [0.15, 0.2) is 6.07 Å². The third kappa shape index (κ3) is 3.19. The number of nitrogens with one attached hydrogen (secondary N) is 2. The average Bonchev–Trinajstić information content (AvgIpc) is 2.34. The monoisotopic (exact) mass is 284 g/mol. The third-order valence-corrected chi connectivity index (χ3v) is 3.21. The second-order valence-electron chi connectivity index (χ2n) is 5.05. The van der Waals surface area contributed by atoms with Crippen LogP contribution in [0.4, 0.5) is 20.5 Å². The first-order chi connectivity index (χ1) is 9.30. The van der Waals surface area contributed by atoms with Crippen molar-refractivity contribution in [3.63, 3.8) is 0 Å². The number of alkyl halides is 2. The zero-order chi connectivity index (χ0) is 14.9. The molecule has 2 rings (SSSR count). The summed E-state index contributed by atoms with van der Waals surface area (Å²) in [6.45, 7) is 1.20. The molecule has 1 aromatic heterocycles. The van der Waals surface area contributed by atoms with Crippen LogP contribution >= 0.6 is 0 Å². The van der Waals surface area contributed by atoms with Gasteiger partial charge >= 0.3 is 0 Å². The summed E-state index contributed by atoms with van der Waals surface area (Å²) in [7, 11) is 1.81. The molecule has 0 aliphatic carbocycles. The van der Waals surface area contributed by atoms with Gasteiger partial charge in [-0.05, 0) is 14.0 Å². The molecule has 0 amide bonds. The van der Waals surface area contributed by atoms with Crippen LogP contribution in [0.1, 0.15) is 19.0 Å². The Morgan fingerprint density at radius 2 is 2.20 bits per heavy atom. The number of nitrogens with zero attached hydrogens (tertiary/aromatic N) is 3. The van der Waals surface area contributed by atoms with E-state index in [4.69, 9.17) is 11.1 Å². The fourth-order valence-electron chi connectivity index (χ4n) is 1.96. The number of hydrogen-bond donors (Lipinski definition) is 3. The first kappa shape index (κ1) is 14.6. The molecule has 1 fully saturated rings. The molecule has 1 atom stereocenters. The number of anilines is 2. The number of rotatable bonds is 5. The van der Waals surface area contributed by atoms with Crippen molar-refractivity contribution in [1.82, 2.24) is 15.3 Å². The van der Waals surface area contributed by atoms with Crippen molar-refractivity contribution < 1.29 is 8.78 Å². The maximum atomic E-state index is 12.9. The van der Waals surface area contributed by atoms with Gasteiger partial charge in [0.25, 0.3) is 5.92 Å². The molecule has 1 saturated heterocycles. The van der Waals surface area contributed by atoms with Crippen molar-refractivity contribution in [3.8, 4) is 0 Å². The van der Waals surface area contributed by atoms with Crippen molar-refractivity contribution in [2.45, 2.75) is 25.3 Å². The predicted molar refractivity (Wildman–Crippen MR) is 73.6 cm³/mol. The molecule has 0 saturated carbocycles. The highest BCUT2D eigenvalue weighted by molar-refractivity contribution is 5.97. The normalized spacial score (nSPS) is 18.5. The molecule has 2 heterocycles. The van der Waals surface area contributed by atoms with E-state index in [1.54, 1.807) is 7.05 Å². The van der Waals surface area contributed by atoms with E-state index in [0.717, 1.165) is 0 Å². The van der Waals surface area contributed by atoms with Crippen molar-refractivity contribution in [1.29, 1.82) is 5.41 Å². The van der Waals surface area contributed by atoms with Gasteiger partial charge in [-0.25, -0.2) is 13.8 Å². The number of hydrogen-bond acceptors (Lipinski definition) is 6. The average molecular weight is 284 g/mol. The maximum absolute atomic E-state index is 12.9. The van der Waals surface area contributed by atoms with E-state index in [2.05, 4.69) is 15.3 Å². The Morgan fingerprint density at radius 3 is 2.75 bits per heavy atom. The molecule has 4 N–H and O–H groups in total. The highest BCUT2D eigenvalue weighted by atomic mass is 19.3. The molecular formula is C12H18F2N6. The first-order valence-corrected chi connectivity index (χ1v) is 6.33. The van der Waals surface area contributed by atoms with E-state index in [-0.39, 0.29) is 25.1 Å². The van der Waals surface area contributed by atoms with Crippen LogP contribution in [0, 0.1) is 5.41 Å². The molecule has 0 radical (unpaired) electrons. The minimum atomic E-state index is -2.67. The van der Waals surface area contributed by atoms with Gasteiger partial charge < -0.3 is 21.4 Å². The van der Waals surface area contributed by atoms with Crippen molar-refractivity contribution in [2.75, 3.05) is 30.8 Å². The summed E-state index contributed by atoms with van der Waals surface area (Å²) in [6, 6.07) is 1.66. The van der Waals surface area contributed by atoms with E-state index < -0.39 is 5.92 Å². The number of aromatic nitrogens is 2. The van der Waals surface area contributed by atoms with Gasteiger partial charge in [-0.3, -0.25) is 0 Å². The molecule has 0 bridgehead atoms. The summed E-state index contributed by atoms with van der Waals surface area (Å²) < 4.78 is 25.8. The smallest absolute Gasteiger partial charge is 0.282 e. The van der Waals surface area contributed by atoms with Crippen LogP contribution in [-0.4, -0.2) is 47.8 Å². The summed E-state index contributed by atoms with van der Waals surface area (Å²) in [6.07, 6.45) is 0.475. The number of nitrogens with two attached hydrogens (primary N) is 1. The highest BCUT2D eigenvalue weighted by Gasteiger charge is 2.44. The molecule has 0 unspecified atom stereocenters. The Bertz CT molecular complexity index is 511. The fourth-order valence-corrected chi connectivity index (χ4v) is 1.96. The molecule has 20 heavy (non-hydrogen) atoms. The molecule has 0 spiro atoms. The lowest BCUT2D eigenvalue weighted by Crippen LogP contribution is -2.56. The zero-order valence-electron chi connectivity index (χ0n) is 11.5. The van der Waals surface area contributed by atoms with Crippen LogP contribution in [0.5, 0.6) is 0 Å². The van der Waals surface area contributed by atoms with E-state index >= 15 is 0 Å². The second kappa shape index (κ2) is 5.28. The summed E-state index contributed by atoms with van der Waals surface area (Å²) in [5.41, 5.74) is 6.28. The largest absolute Gasteiger partial charge is 0.368 e. The SMILES string of the molecule is CN[C@H](C)CC(=N)c1cc(N2CC(F)(F)C2)nc(N)n1. The summed E-state index contributed by atoms with van der Waals surface area (Å²) >= 11 is 0. The van der Waals surface area contributed by atoms with Gasteiger partial charge in [0, 0.05) is 18.5 Å². The molecule has 1 aliphatic rings. The Labute approximate surface area is 115 Å². The number of nitrogen functional groups attached to an aromatic ring is 1. The van der Waals surface area contributed by atoms with Gasteiger partial charge in [-0.15, -0.1) is 0 Å². The lowest BCUT2D eigenvalue weighted by molar-refractivity contribution is -0.0267. The maximum Gasteiger partial charge on any atom is 0.282 e. The molecule has 0 aromatic carbocycles. The van der Waals surface area contributed by atoms with Gasteiger partial charge in [-0.1, -0.05) is 0 Å². The van der Waals surface area contributed by atoms with Crippen LogP contribution in [-0.2, 0) is 0 Å². The van der Waals surface area contributed by atoms with Crippen molar-refractivity contribution in [2.24, 2.45) is 0 Å². The molecule has 8 heteroatoms. The standard InChI is InChI=1S/C12H18F2N6/c1-7(17-2)3-8(15)9-4-10(19-11(16)18-9)20-5-12(13,14)6-20/h4,7,15,17H,3,5-6H2,1-2H3,(H2,16,18,19)/t7-/m1/s1. The van der Waals surface area contributed by atoms with E-state index in [1.807, 2.05) is 6.92 Å². The predicted octanol–water partition coefficient (Wildman–Crippen LogP) is 0.880. The first-order valence-electron chi connectivity index (χ1n) is 6.33. The topological polar surface area (TPSA) is 90.9 Å². The summed E-state index contributed by atoms with van der Waals surface area (Å²) in [5.74, 6) is -2.33.